The van der Waals surface area contributed by atoms with Crippen LogP contribution in [0.25, 0.3) is 10.8 Å². The minimum absolute atomic E-state index is 0.0657. The van der Waals surface area contributed by atoms with Crippen molar-refractivity contribution in [1.82, 2.24) is 15.0 Å². The lowest BCUT2D eigenvalue weighted by Crippen LogP contribution is -2.21. The highest BCUT2D eigenvalue weighted by Crippen LogP contribution is 2.48. The molecule has 1 saturated heterocycles. The van der Waals surface area contributed by atoms with E-state index >= 15 is 0 Å². The average molecular weight is 435 g/mol. The lowest BCUT2D eigenvalue weighted by atomic mass is 10.1. The number of anilines is 1. The number of nitrogens with one attached hydrogen (secondary N) is 3. The van der Waals surface area contributed by atoms with Gasteiger partial charge in [-0.15, -0.1) is 0 Å². The Kier molecular flexibility index (Phi) is 7.57. The van der Waals surface area contributed by atoms with Crippen molar-refractivity contribution >= 4 is 34.3 Å². The maximum atomic E-state index is 12.5. The fraction of sp³-hybridized carbons (Fsp3) is 0.360. The number of fused-ring (bicyclic) bond motifs is 1. The van der Waals surface area contributed by atoms with Gasteiger partial charge in [0.2, 0.25) is 5.91 Å². The summed E-state index contributed by atoms with van der Waals surface area (Å²) < 4.78 is 3.06. The highest BCUT2D eigenvalue weighted by Gasteiger charge is 2.43. The fourth-order valence-corrected chi connectivity index (χ4v) is 4.46. The molecule has 1 unspecified atom stereocenters. The zero-order valence-corrected chi connectivity index (χ0v) is 18.8. The molecule has 2 heterocycles. The summed E-state index contributed by atoms with van der Waals surface area (Å²) in [5.41, 5.74) is 2.08. The third-order valence-electron chi connectivity index (χ3n) is 5.77. The molecule has 6 heteroatoms. The van der Waals surface area contributed by atoms with E-state index in [4.69, 9.17) is 0 Å². The topological polar surface area (TPSA) is 66.0 Å². The second-order valence-electron chi connectivity index (χ2n) is 8.06. The number of hydrogen-bond donors (Lipinski definition) is 3. The Hall–Kier alpha value is -2.41. The average Bonchev–Trinajstić information content (AvgIpc) is 3.63. The number of aromatic nitrogens is 1. The molecule has 2 aromatic carbocycles. The zero-order valence-electron chi connectivity index (χ0n) is 17.9. The van der Waals surface area contributed by atoms with Gasteiger partial charge in [0.1, 0.15) is 0 Å². The van der Waals surface area contributed by atoms with Crippen molar-refractivity contribution < 1.29 is 4.79 Å². The monoisotopic (exact) mass is 434 g/mol. The number of pyridine rings is 1. The summed E-state index contributed by atoms with van der Waals surface area (Å²) in [7, 11) is 1.91. The van der Waals surface area contributed by atoms with Gasteiger partial charge in [-0.3, -0.25) is 14.5 Å². The fourth-order valence-electron chi connectivity index (χ4n) is 3.95. The van der Waals surface area contributed by atoms with Gasteiger partial charge in [0, 0.05) is 34.3 Å². The van der Waals surface area contributed by atoms with Gasteiger partial charge in [0.15, 0.2) is 0 Å². The highest BCUT2D eigenvalue weighted by atomic mass is 32.2. The van der Waals surface area contributed by atoms with Crippen LogP contribution in [0.2, 0.25) is 0 Å². The summed E-state index contributed by atoms with van der Waals surface area (Å²) in [6.45, 7) is 2.50. The van der Waals surface area contributed by atoms with Gasteiger partial charge in [0.05, 0.1) is 0 Å². The minimum Gasteiger partial charge on any atom is -0.326 e. The lowest BCUT2D eigenvalue weighted by molar-refractivity contribution is -0.117. The molecule has 2 atom stereocenters. The van der Waals surface area contributed by atoms with Crippen LogP contribution in [0.15, 0.2) is 65.8 Å². The molecule has 0 bridgehead atoms. The van der Waals surface area contributed by atoms with Crippen molar-refractivity contribution in [3.8, 4) is 0 Å². The van der Waals surface area contributed by atoms with Crippen molar-refractivity contribution in [2.45, 2.75) is 36.5 Å². The van der Waals surface area contributed by atoms with E-state index in [0.29, 0.717) is 5.92 Å². The standard InChI is InChI=1S/C20H19N3OS.C5H11N/c1-21-25-17-6-3-13(4-7-17)18-11-19(18)20(24)23-16-5-2-15-12-22-9-8-14(15)10-16;1-2-4-6-5-3-1/h2-10,12,18-19,21H,11H2,1H3,(H,23,24);6H,1-5H2/t18-,19?;/m0./s1. The van der Waals surface area contributed by atoms with E-state index < -0.39 is 0 Å². The van der Waals surface area contributed by atoms with Crippen molar-refractivity contribution in [3.63, 3.8) is 0 Å². The van der Waals surface area contributed by atoms with Crippen LogP contribution in [0.5, 0.6) is 0 Å². The summed E-state index contributed by atoms with van der Waals surface area (Å²) in [5, 5.41) is 8.49. The van der Waals surface area contributed by atoms with Gasteiger partial charge >= 0.3 is 0 Å². The SMILES string of the molecule is C1CCNCC1.CNSc1ccc([C@@H]2CC2C(=O)Nc2ccc3cnccc3c2)cc1. The quantitative estimate of drug-likeness (QED) is 0.495. The second-order valence-corrected chi connectivity index (χ2v) is 9.15. The number of carbonyl (C=O) groups excluding carboxylic acids is 1. The number of piperidine rings is 1. The van der Waals surface area contributed by atoms with Gasteiger partial charge in [-0.2, -0.15) is 0 Å². The normalized spacial score (nSPS) is 19.9. The molecule has 1 aliphatic carbocycles. The second kappa shape index (κ2) is 10.8. The molecule has 0 radical (unpaired) electrons. The third-order valence-corrected chi connectivity index (χ3v) is 6.48. The molecule has 5 rings (SSSR count). The molecule has 5 nitrogen and oxygen atoms in total. The molecular weight excluding hydrogens is 404 g/mol. The molecular formula is C25H30N4OS. The van der Waals surface area contributed by atoms with Crippen LogP contribution >= 0.6 is 11.9 Å². The van der Waals surface area contributed by atoms with Crippen LogP contribution in [0, 0.1) is 5.92 Å². The van der Waals surface area contributed by atoms with Gasteiger partial charge in [-0.05, 0) is 98.5 Å². The van der Waals surface area contributed by atoms with E-state index in [0.717, 1.165) is 22.9 Å². The van der Waals surface area contributed by atoms with Crippen LogP contribution in [-0.2, 0) is 4.79 Å². The van der Waals surface area contributed by atoms with Gasteiger partial charge in [-0.1, -0.05) is 24.6 Å². The van der Waals surface area contributed by atoms with Crippen LogP contribution in [0.1, 0.15) is 37.2 Å². The largest absolute Gasteiger partial charge is 0.326 e. The van der Waals surface area contributed by atoms with Crippen LogP contribution in [0.4, 0.5) is 5.69 Å². The molecule has 1 aromatic heterocycles. The molecule has 1 saturated carbocycles. The lowest BCUT2D eigenvalue weighted by Gasteiger charge is -2.08. The summed E-state index contributed by atoms with van der Waals surface area (Å²) in [4.78, 5) is 17.8. The molecule has 1 amide bonds. The van der Waals surface area contributed by atoms with E-state index in [2.05, 4.69) is 44.6 Å². The number of nitrogens with zero attached hydrogens (tertiary/aromatic N) is 1. The Morgan fingerprint density at radius 1 is 1.03 bits per heavy atom. The van der Waals surface area contributed by atoms with Gasteiger partial charge < -0.3 is 10.6 Å². The Labute approximate surface area is 188 Å². The molecule has 1 aliphatic heterocycles. The first-order valence-electron chi connectivity index (χ1n) is 11.0. The van der Waals surface area contributed by atoms with Crippen LogP contribution in [0.3, 0.4) is 0 Å². The first-order chi connectivity index (χ1) is 15.2. The maximum Gasteiger partial charge on any atom is 0.228 e. The summed E-state index contributed by atoms with van der Waals surface area (Å²) >= 11 is 1.59. The van der Waals surface area contributed by atoms with Crippen molar-refractivity contribution in [1.29, 1.82) is 0 Å². The first-order valence-corrected chi connectivity index (χ1v) is 11.8. The predicted molar refractivity (Wildman–Crippen MR) is 129 cm³/mol. The molecule has 3 aromatic rings. The Balaban J connectivity index is 0.000000334. The number of hydrogen-bond acceptors (Lipinski definition) is 5. The Morgan fingerprint density at radius 3 is 2.52 bits per heavy atom. The molecule has 2 aliphatic rings. The number of carbonyl (C=O) groups is 1. The van der Waals surface area contributed by atoms with Crippen molar-refractivity contribution in [2.24, 2.45) is 5.92 Å². The van der Waals surface area contributed by atoms with Gasteiger partial charge in [0.25, 0.3) is 0 Å². The van der Waals surface area contributed by atoms with Crippen LogP contribution < -0.4 is 15.4 Å². The molecule has 3 N–H and O–H groups in total. The summed E-state index contributed by atoms with van der Waals surface area (Å²) in [6, 6.07) is 16.3. The molecule has 31 heavy (non-hydrogen) atoms. The van der Waals surface area contributed by atoms with Crippen molar-refractivity contribution in [2.75, 3.05) is 25.5 Å². The maximum absolute atomic E-state index is 12.5. The molecule has 0 spiro atoms. The first kappa shape index (κ1) is 21.8. The van der Waals surface area contributed by atoms with E-state index in [1.807, 2.05) is 37.5 Å². The Morgan fingerprint density at radius 2 is 1.84 bits per heavy atom. The smallest absolute Gasteiger partial charge is 0.228 e. The summed E-state index contributed by atoms with van der Waals surface area (Å²) in [5.74, 6) is 0.501. The summed E-state index contributed by atoms with van der Waals surface area (Å²) in [6.07, 6.45) is 8.73. The van der Waals surface area contributed by atoms with E-state index in [1.165, 1.54) is 42.8 Å². The van der Waals surface area contributed by atoms with Crippen molar-refractivity contribution in [3.05, 3.63) is 66.5 Å². The minimum atomic E-state index is 0.0657. The number of rotatable bonds is 5. The van der Waals surface area contributed by atoms with E-state index in [1.54, 1.807) is 18.1 Å². The van der Waals surface area contributed by atoms with Gasteiger partial charge in [-0.25, -0.2) is 0 Å². The number of amides is 1. The highest BCUT2D eigenvalue weighted by molar-refractivity contribution is 7.97. The molecule has 2 fully saturated rings. The van der Waals surface area contributed by atoms with E-state index in [9.17, 15) is 4.79 Å². The molecule has 162 valence electrons. The zero-order chi connectivity index (χ0) is 21.5. The van der Waals surface area contributed by atoms with E-state index in [-0.39, 0.29) is 11.8 Å². The number of benzene rings is 2. The third kappa shape index (κ3) is 6.06. The van der Waals surface area contributed by atoms with Crippen LogP contribution in [-0.4, -0.2) is 31.0 Å². The Bertz CT molecular complexity index is 992. The predicted octanol–water partition coefficient (Wildman–Crippen LogP) is 4.96.